The molecule has 0 radical (unpaired) electrons. The zero-order valence-corrected chi connectivity index (χ0v) is 12.2. The molecule has 2 nitrogen and oxygen atoms in total. The average Bonchev–Trinajstić information content (AvgIpc) is 2.37. The minimum Gasteiger partial charge on any atom is -0.455 e. The van der Waals surface area contributed by atoms with Crippen LogP contribution in [0.5, 0.6) is 11.5 Å². The molecule has 20 heavy (non-hydrogen) atoms. The maximum Gasteiger partial charge on any atom is 0.146 e. The fourth-order valence-electron chi connectivity index (χ4n) is 1.96. The van der Waals surface area contributed by atoms with Crippen LogP contribution in [0.25, 0.3) is 0 Å². The number of benzene rings is 2. The summed E-state index contributed by atoms with van der Waals surface area (Å²) in [6.07, 6.45) is 0.408. The minimum atomic E-state index is -0.316. The Labute approximate surface area is 123 Å². The van der Waals surface area contributed by atoms with Gasteiger partial charge in [0.15, 0.2) is 0 Å². The fraction of sp³-hybridized carbons (Fsp3) is 0.250. The van der Waals surface area contributed by atoms with Gasteiger partial charge in [0.2, 0.25) is 0 Å². The van der Waals surface area contributed by atoms with Gasteiger partial charge in [0.05, 0.1) is 5.02 Å². The molecule has 0 saturated carbocycles. The molecule has 0 aromatic heterocycles. The van der Waals surface area contributed by atoms with Gasteiger partial charge in [-0.3, -0.25) is 0 Å². The molecule has 2 N–H and O–H groups in total. The lowest BCUT2D eigenvalue weighted by Crippen LogP contribution is -2.19. The van der Waals surface area contributed by atoms with Gasteiger partial charge in [-0.2, -0.15) is 0 Å². The van der Waals surface area contributed by atoms with E-state index in [1.54, 1.807) is 18.2 Å². The lowest BCUT2D eigenvalue weighted by Gasteiger charge is -2.14. The fourth-order valence-corrected chi connectivity index (χ4v) is 2.12. The molecule has 0 aliphatic carbocycles. The number of aryl methyl sites for hydroxylation is 1. The number of ether oxygens (including phenoxy) is 1. The van der Waals surface area contributed by atoms with Crippen LogP contribution in [0.1, 0.15) is 18.1 Å². The highest BCUT2D eigenvalue weighted by Crippen LogP contribution is 2.33. The Morgan fingerprint density at radius 2 is 2.00 bits per heavy atom. The Bertz CT molecular complexity index is 613. The molecular formula is C16H17ClFNO. The first-order chi connectivity index (χ1) is 9.47. The van der Waals surface area contributed by atoms with Crippen molar-refractivity contribution in [3.05, 3.63) is 58.4 Å². The molecule has 2 rings (SSSR count). The van der Waals surface area contributed by atoms with E-state index in [4.69, 9.17) is 22.1 Å². The van der Waals surface area contributed by atoms with Crippen molar-refractivity contribution in [2.75, 3.05) is 0 Å². The standard InChI is InChI=1S/C16H17ClFNO/c1-10-6-7-13(17)16(8-10)20-15-5-3-4-14(18)12(15)9-11(2)19/h3-8,11H,9,19H2,1-2H3. The smallest absolute Gasteiger partial charge is 0.146 e. The van der Waals surface area contributed by atoms with E-state index in [2.05, 4.69) is 0 Å². The van der Waals surface area contributed by atoms with E-state index in [9.17, 15) is 4.39 Å². The van der Waals surface area contributed by atoms with E-state index in [1.807, 2.05) is 26.0 Å². The molecule has 0 aliphatic heterocycles. The van der Waals surface area contributed by atoms with E-state index in [0.717, 1.165) is 5.56 Å². The quantitative estimate of drug-likeness (QED) is 0.902. The molecule has 0 bridgehead atoms. The van der Waals surface area contributed by atoms with Crippen molar-refractivity contribution in [1.82, 2.24) is 0 Å². The molecule has 1 unspecified atom stereocenters. The Morgan fingerprint density at radius 3 is 2.70 bits per heavy atom. The Morgan fingerprint density at radius 1 is 1.25 bits per heavy atom. The molecule has 106 valence electrons. The summed E-state index contributed by atoms with van der Waals surface area (Å²) >= 11 is 6.10. The molecule has 2 aromatic carbocycles. The molecule has 0 fully saturated rings. The third kappa shape index (κ3) is 3.50. The first-order valence-electron chi connectivity index (χ1n) is 6.44. The van der Waals surface area contributed by atoms with Crippen molar-refractivity contribution in [2.45, 2.75) is 26.3 Å². The van der Waals surface area contributed by atoms with Gasteiger partial charge in [-0.1, -0.05) is 23.7 Å². The van der Waals surface area contributed by atoms with Crippen LogP contribution in [0.15, 0.2) is 36.4 Å². The van der Waals surface area contributed by atoms with Gasteiger partial charge in [-0.25, -0.2) is 4.39 Å². The zero-order chi connectivity index (χ0) is 14.7. The highest BCUT2D eigenvalue weighted by molar-refractivity contribution is 6.32. The van der Waals surface area contributed by atoms with Gasteiger partial charge in [-0.15, -0.1) is 0 Å². The predicted octanol–water partition coefficient (Wildman–Crippen LogP) is 4.47. The van der Waals surface area contributed by atoms with Crippen molar-refractivity contribution in [3.8, 4) is 11.5 Å². The Balaban J connectivity index is 2.38. The van der Waals surface area contributed by atoms with Crippen LogP contribution in [0.2, 0.25) is 5.02 Å². The van der Waals surface area contributed by atoms with Gasteiger partial charge in [0, 0.05) is 11.6 Å². The van der Waals surface area contributed by atoms with Crippen LogP contribution in [0, 0.1) is 12.7 Å². The summed E-state index contributed by atoms with van der Waals surface area (Å²) in [6, 6.07) is 10.1. The molecule has 0 heterocycles. The van der Waals surface area contributed by atoms with Crippen molar-refractivity contribution in [1.29, 1.82) is 0 Å². The summed E-state index contributed by atoms with van der Waals surface area (Å²) in [5.41, 5.74) is 7.26. The van der Waals surface area contributed by atoms with Crippen LogP contribution < -0.4 is 10.5 Å². The third-order valence-corrected chi connectivity index (χ3v) is 3.22. The van der Waals surface area contributed by atoms with E-state index in [-0.39, 0.29) is 11.9 Å². The molecule has 1 atom stereocenters. The van der Waals surface area contributed by atoms with Crippen LogP contribution >= 0.6 is 11.6 Å². The maximum absolute atomic E-state index is 13.9. The molecule has 0 aliphatic rings. The zero-order valence-electron chi connectivity index (χ0n) is 11.5. The summed E-state index contributed by atoms with van der Waals surface area (Å²) < 4.78 is 19.7. The second-order valence-electron chi connectivity index (χ2n) is 4.93. The molecule has 4 heteroatoms. The van der Waals surface area contributed by atoms with Crippen LogP contribution in [-0.2, 0) is 6.42 Å². The third-order valence-electron chi connectivity index (χ3n) is 2.91. The highest BCUT2D eigenvalue weighted by atomic mass is 35.5. The van der Waals surface area contributed by atoms with E-state index < -0.39 is 0 Å². The first-order valence-corrected chi connectivity index (χ1v) is 6.82. The van der Waals surface area contributed by atoms with E-state index >= 15 is 0 Å². The first kappa shape index (κ1) is 14.8. The minimum absolute atomic E-state index is 0.151. The summed E-state index contributed by atoms with van der Waals surface area (Å²) in [4.78, 5) is 0. The normalized spacial score (nSPS) is 12.2. The van der Waals surface area contributed by atoms with Crippen LogP contribution in [0.4, 0.5) is 4.39 Å². The monoisotopic (exact) mass is 293 g/mol. The predicted molar refractivity (Wildman–Crippen MR) is 80.0 cm³/mol. The number of hydrogen-bond acceptors (Lipinski definition) is 2. The Hall–Kier alpha value is -1.58. The summed E-state index contributed by atoms with van der Waals surface area (Å²) in [5.74, 6) is 0.654. The van der Waals surface area contributed by atoms with Gasteiger partial charge >= 0.3 is 0 Å². The Kier molecular flexibility index (Phi) is 4.63. The lowest BCUT2D eigenvalue weighted by molar-refractivity contribution is 0.463. The van der Waals surface area contributed by atoms with Crippen molar-refractivity contribution >= 4 is 11.6 Å². The maximum atomic E-state index is 13.9. The molecule has 0 amide bonds. The van der Waals surface area contributed by atoms with Gasteiger partial charge in [0.25, 0.3) is 0 Å². The SMILES string of the molecule is Cc1ccc(Cl)c(Oc2cccc(F)c2CC(C)N)c1. The molecular weight excluding hydrogens is 277 g/mol. The highest BCUT2D eigenvalue weighted by Gasteiger charge is 2.13. The second-order valence-corrected chi connectivity index (χ2v) is 5.34. The molecule has 0 spiro atoms. The van der Waals surface area contributed by atoms with Gasteiger partial charge in [0.1, 0.15) is 17.3 Å². The summed E-state index contributed by atoms with van der Waals surface area (Å²) in [5, 5.41) is 0.492. The van der Waals surface area contributed by atoms with Crippen molar-refractivity contribution in [3.63, 3.8) is 0 Å². The van der Waals surface area contributed by atoms with Crippen molar-refractivity contribution in [2.24, 2.45) is 5.73 Å². The second kappa shape index (κ2) is 6.25. The van der Waals surface area contributed by atoms with E-state index in [0.29, 0.717) is 28.5 Å². The molecule has 2 aromatic rings. The summed E-state index contributed by atoms with van der Waals surface area (Å²) in [6.45, 7) is 3.77. The van der Waals surface area contributed by atoms with Crippen LogP contribution in [0.3, 0.4) is 0 Å². The largest absolute Gasteiger partial charge is 0.455 e. The number of nitrogens with two attached hydrogens (primary N) is 1. The van der Waals surface area contributed by atoms with Crippen LogP contribution in [-0.4, -0.2) is 6.04 Å². The van der Waals surface area contributed by atoms with Gasteiger partial charge < -0.3 is 10.5 Å². The number of halogens is 2. The number of rotatable bonds is 4. The topological polar surface area (TPSA) is 35.2 Å². The summed E-state index contributed by atoms with van der Waals surface area (Å²) in [7, 11) is 0. The average molecular weight is 294 g/mol. The van der Waals surface area contributed by atoms with E-state index in [1.165, 1.54) is 6.07 Å². The van der Waals surface area contributed by atoms with Gasteiger partial charge in [-0.05, 0) is 50.1 Å². The number of hydrogen-bond donors (Lipinski definition) is 1. The van der Waals surface area contributed by atoms with Crippen molar-refractivity contribution < 1.29 is 9.13 Å². The lowest BCUT2D eigenvalue weighted by atomic mass is 10.1. The molecule has 0 saturated heterocycles.